The van der Waals surface area contributed by atoms with E-state index < -0.39 is 12.1 Å². The van der Waals surface area contributed by atoms with Crippen LogP contribution in [0.15, 0.2) is 121 Å². The van der Waals surface area contributed by atoms with Gasteiger partial charge in [0, 0.05) is 19.0 Å². The molecule has 4 nitrogen and oxygen atoms in total. The van der Waals surface area contributed by atoms with Crippen molar-refractivity contribution in [3.05, 3.63) is 144 Å². The van der Waals surface area contributed by atoms with E-state index in [0.717, 1.165) is 11.1 Å². The maximum absolute atomic E-state index is 13.3. The molecule has 0 bridgehead atoms. The normalized spacial score (nSPS) is 12.4. The highest BCUT2D eigenvalue weighted by Crippen LogP contribution is 2.34. The molecular formula is C30H27NO3. The zero-order valence-corrected chi connectivity index (χ0v) is 19.1. The minimum absolute atomic E-state index is 0.0874. The molecule has 0 N–H and O–H groups in total. The van der Waals surface area contributed by atoms with Crippen LogP contribution in [0.3, 0.4) is 0 Å². The molecule has 0 aliphatic heterocycles. The zero-order chi connectivity index (χ0) is 23.8. The summed E-state index contributed by atoms with van der Waals surface area (Å²) in [7, 11) is 1.80. The Morgan fingerprint density at radius 2 is 1.09 bits per heavy atom. The third-order valence-corrected chi connectivity index (χ3v) is 5.86. The summed E-state index contributed by atoms with van der Waals surface area (Å²) in [6.45, 7) is 0. The first-order chi connectivity index (χ1) is 16.6. The Balaban J connectivity index is 1.67. The Hall–Kier alpha value is -4.18. The standard InChI is InChI=1S/C30H27NO3/c1-31(29(32)25-18-10-4-11-19-25)27(23-14-6-2-7-15-23)22-28(24-16-8-3-9-17-24)34-30(33)26-20-12-5-13-21-26/h2-21,27-28H,22H2,1H3. The van der Waals surface area contributed by atoms with Gasteiger partial charge in [-0.2, -0.15) is 0 Å². The zero-order valence-electron chi connectivity index (χ0n) is 19.1. The van der Waals surface area contributed by atoms with Crippen LogP contribution < -0.4 is 0 Å². The summed E-state index contributed by atoms with van der Waals surface area (Å²) in [5.41, 5.74) is 2.97. The van der Waals surface area contributed by atoms with E-state index in [1.165, 1.54) is 0 Å². The molecule has 0 aromatic heterocycles. The molecule has 0 heterocycles. The van der Waals surface area contributed by atoms with Gasteiger partial charge in [0.15, 0.2) is 0 Å². The van der Waals surface area contributed by atoms with E-state index in [2.05, 4.69) is 0 Å². The van der Waals surface area contributed by atoms with Crippen molar-refractivity contribution in [2.75, 3.05) is 7.05 Å². The van der Waals surface area contributed by atoms with Crippen LogP contribution in [-0.2, 0) is 4.74 Å². The van der Waals surface area contributed by atoms with E-state index in [1.807, 2.05) is 109 Å². The maximum atomic E-state index is 13.3. The number of ether oxygens (including phenoxy) is 1. The highest BCUT2D eigenvalue weighted by molar-refractivity contribution is 5.94. The first-order valence-corrected chi connectivity index (χ1v) is 11.3. The molecule has 1 amide bonds. The van der Waals surface area contributed by atoms with Gasteiger partial charge < -0.3 is 9.64 Å². The number of nitrogens with zero attached hydrogens (tertiary/aromatic N) is 1. The van der Waals surface area contributed by atoms with Gasteiger partial charge in [-0.3, -0.25) is 4.79 Å². The summed E-state index contributed by atoms with van der Waals surface area (Å²) in [4.78, 5) is 28.0. The fraction of sp³-hybridized carbons (Fsp3) is 0.133. The molecule has 2 atom stereocenters. The largest absolute Gasteiger partial charge is 0.454 e. The fourth-order valence-corrected chi connectivity index (χ4v) is 4.01. The lowest BCUT2D eigenvalue weighted by Gasteiger charge is -2.32. The average Bonchev–Trinajstić information content (AvgIpc) is 2.92. The van der Waals surface area contributed by atoms with Gasteiger partial charge >= 0.3 is 5.97 Å². The second-order valence-electron chi connectivity index (χ2n) is 8.11. The molecule has 0 spiro atoms. The predicted octanol–water partition coefficient (Wildman–Crippen LogP) is 6.49. The number of carbonyl (C=O) groups is 2. The number of carbonyl (C=O) groups excluding carboxylic acids is 2. The van der Waals surface area contributed by atoms with Gasteiger partial charge in [-0.05, 0) is 35.4 Å². The minimum atomic E-state index is -0.537. The second-order valence-corrected chi connectivity index (χ2v) is 8.11. The molecule has 0 saturated carbocycles. The van der Waals surface area contributed by atoms with E-state index >= 15 is 0 Å². The molecule has 4 heteroatoms. The summed E-state index contributed by atoms with van der Waals surface area (Å²) in [6, 6.07) is 37.4. The van der Waals surface area contributed by atoms with Crippen molar-refractivity contribution in [2.24, 2.45) is 0 Å². The van der Waals surface area contributed by atoms with Crippen molar-refractivity contribution in [1.82, 2.24) is 4.90 Å². The quantitative estimate of drug-likeness (QED) is 0.289. The number of amides is 1. The minimum Gasteiger partial charge on any atom is -0.454 e. The summed E-state index contributed by atoms with van der Waals surface area (Å²) < 4.78 is 6.03. The first-order valence-electron chi connectivity index (χ1n) is 11.3. The van der Waals surface area contributed by atoms with Gasteiger partial charge in [0.2, 0.25) is 0 Å². The third-order valence-electron chi connectivity index (χ3n) is 5.86. The monoisotopic (exact) mass is 449 g/mol. The molecule has 0 aliphatic carbocycles. The van der Waals surface area contributed by atoms with Gasteiger partial charge in [0.25, 0.3) is 5.91 Å². The lowest BCUT2D eigenvalue weighted by atomic mass is 9.95. The van der Waals surface area contributed by atoms with Gasteiger partial charge in [0.1, 0.15) is 6.10 Å². The van der Waals surface area contributed by atoms with Crippen molar-refractivity contribution in [2.45, 2.75) is 18.6 Å². The molecule has 34 heavy (non-hydrogen) atoms. The summed E-state index contributed by atoms with van der Waals surface area (Å²) in [5, 5.41) is 0. The SMILES string of the molecule is CN(C(=O)c1ccccc1)C(CC(OC(=O)c1ccccc1)c1ccccc1)c1ccccc1. The number of benzene rings is 4. The lowest BCUT2D eigenvalue weighted by molar-refractivity contribution is 0.0202. The molecule has 2 unspecified atom stereocenters. The number of hydrogen-bond donors (Lipinski definition) is 0. The van der Waals surface area contributed by atoms with Crippen molar-refractivity contribution >= 4 is 11.9 Å². The van der Waals surface area contributed by atoms with Crippen molar-refractivity contribution in [3.63, 3.8) is 0 Å². The molecule has 0 aliphatic rings. The van der Waals surface area contributed by atoms with Gasteiger partial charge in [-0.25, -0.2) is 4.79 Å². The first kappa shape index (κ1) is 23.0. The van der Waals surface area contributed by atoms with Crippen molar-refractivity contribution < 1.29 is 14.3 Å². The molecule has 4 aromatic rings. The third kappa shape index (κ3) is 5.59. The van der Waals surface area contributed by atoms with Crippen molar-refractivity contribution in [1.29, 1.82) is 0 Å². The number of rotatable bonds is 8. The smallest absolute Gasteiger partial charge is 0.338 e. The van der Waals surface area contributed by atoms with E-state index in [-0.39, 0.29) is 11.9 Å². The fourth-order valence-electron chi connectivity index (χ4n) is 4.01. The lowest BCUT2D eigenvalue weighted by Crippen LogP contribution is -2.33. The van der Waals surface area contributed by atoms with Crippen LogP contribution >= 0.6 is 0 Å². The predicted molar refractivity (Wildman–Crippen MR) is 133 cm³/mol. The van der Waals surface area contributed by atoms with Crippen LogP contribution in [-0.4, -0.2) is 23.8 Å². The summed E-state index contributed by atoms with van der Waals surface area (Å²) in [6.07, 6.45) is -0.119. The van der Waals surface area contributed by atoms with E-state index in [4.69, 9.17) is 4.74 Å². The van der Waals surface area contributed by atoms with Crippen LogP contribution in [0.2, 0.25) is 0 Å². The van der Waals surface area contributed by atoms with Crippen molar-refractivity contribution in [3.8, 4) is 0 Å². The molecule has 0 saturated heterocycles. The molecule has 0 fully saturated rings. The average molecular weight is 450 g/mol. The topological polar surface area (TPSA) is 46.6 Å². The van der Waals surface area contributed by atoms with Crippen LogP contribution in [0, 0.1) is 0 Å². The molecular weight excluding hydrogens is 422 g/mol. The van der Waals surface area contributed by atoms with Gasteiger partial charge in [-0.15, -0.1) is 0 Å². The second kappa shape index (κ2) is 11.1. The Bertz CT molecular complexity index is 1200. The molecule has 170 valence electrons. The highest BCUT2D eigenvalue weighted by Gasteiger charge is 2.29. The Labute approximate surface area is 200 Å². The Morgan fingerprint density at radius 1 is 0.647 bits per heavy atom. The summed E-state index contributed by atoms with van der Waals surface area (Å²) in [5.74, 6) is -0.478. The van der Waals surface area contributed by atoms with E-state index in [1.54, 1.807) is 24.1 Å². The highest BCUT2D eigenvalue weighted by atomic mass is 16.5. The van der Waals surface area contributed by atoms with Gasteiger partial charge in [0.05, 0.1) is 11.6 Å². The molecule has 4 aromatic carbocycles. The number of hydrogen-bond acceptors (Lipinski definition) is 3. The van der Waals surface area contributed by atoms with Crippen LogP contribution in [0.5, 0.6) is 0 Å². The maximum Gasteiger partial charge on any atom is 0.338 e. The molecule has 0 radical (unpaired) electrons. The van der Waals surface area contributed by atoms with Crippen LogP contribution in [0.25, 0.3) is 0 Å². The van der Waals surface area contributed by atoms with Crippen LogP contribution in [0.1, 0.15) is 50.4 Å². The Morgan fingerprint density at radius 3 is 1.62 bits per heavy atom. The van der Waals surface area contributed by atoms with Gasteiger partial charge in [-0.1, -0.05) is 97.1 Å². The molecule has 4 rings (SSSR count). The summed E-state index contributed by atoms with van der Waals surface area (Å²) >= 11 is 0. The van der Waals surface area contributed by atoms with E-state index in [0.29, 0.717) is 17.5 Å². The van der Waals surface area contributed by atoms with Crippen LogP contribution in [0.4, 0.5) is 0 Å². The number of esters is 1. The van der Waals surface area contributed by atoms with E-state index in [9.17, 15) is 9.59 Å². The Kier molecular flexibility index (Phi) is 7.51.